The summed E-state index contributed by atoms with van der Waals surface area (Å²) in [7, 11) is 0. The van der Waals surface area contributed by atoms with Gasteiger partial charge in [-0.05, 0) is 64.1 Å². The van der Waals surface area contributed by atoms with Gasteiger partial charge in [0.2, 0.25) is 0 Å². The monoisotopic (exact) mass is 707 g/mol. The fourth-order valence-corrected chi connectivity index (χ4v) is 7.91. The van der Waals surface area contributed by atoms with Crippen molar-refractivity contribution in [3.05, 3.63) is 194 Å². The fourth-order valence-electron chi connectivity index (χ4n) is 7.91. The molecule has 55 heavy (non-hydrogen) atoms. The van der Waals surface area contributed by atoms with Crippen LogP contribution in [-0.2, 0) is 0 Å². The van der Waals surface area contributed by atoms with Crippen molar-refractivity contribution >= 4 is 21.8 Å². The Morgan fingerprint density at radius 2 is 1.05 bits per heavy atom. The first-order valence-electron chi connectivity index (χ1n) is 19.0. The molecule has 0 saturated carbocycles. The number of aromatic nitrogens is 5. The zero-order valence-corrected chi connectivity index (χ0v) is 30.2. The van der Waals surface area contributed by atoms with Gasteiger partial charge in [0.1, 0.15) is 11.6 Å². The highest BCUT2D eigenvalue weighted by Crippen LogP contribution is 2.38. The fraction of sp³-hybridized carbons (Fsp3) is 0.0800. The van der Waals surface area contributed by atoms with Crippen molar-refractivity contribution in [1.29, 1.82) is 0 Å². The minimum atomic E-state index is 0.106. The Balaban J connectivity index is 0.978. The van der Waals surface area contributed by atoms with E-state index in [0.29, 0.717) is 11.6 Å². The summed E-state index contributed by atoms with van der Waals surface area (Å²) in [4.78, 5) is 20.2. The Hall–Kier alpha value is -6.98. The molecule has 5 heteroatoms. The second kappa shape index (κ2) is 14.1. The second-order valence-electron chi connectivity index (χ2n) is 14.1. The first-order valence-corrected chi connectivity index (χ1v) is 19.0. The van der Waals surface area contributed by atoms with Crippen LogP contribution >= 0.6 is 0 Å². The summed E-state index contributed by atoms with van der Waals surface area (Å²) >= 11 is 0. The average Bonchev–Trinajstić information content (AvgIpc) is 3.67. The molecule has 0 N–H and O–H groups in total. The maximum absolute atomic E-state index is 5.10. The number of imidazole rings is 1. The number of benzene rings is 6. The molecule has 2 heterocycles. The number of hydrogen-bond acceptors (Lipinski definition) is 4. The normalized spacial score (nSPS) is 16.3. The van der Waals surface area contributed by atoms with E-state index in [9.17, 15) is 0 Å². The van der Waals surface area contributed by atoms with Crippen molar-refractivity contribution in [3.63, 3.8) is 0 Å². The lowest BCUT2D eigenvalue weighted by molar-refractivity contribution is 0.631. The van der Waals surface area contributed by atoms with Gasteiger partial charge in [0.25, 0.3) is 0 Å². The lowest BCUT2D eigenvalue weighted by Gasteiger charge is -2.19. The van der Waals surface area contributed by atoms with Gasteiger partial charge in [-0.15, -0.1) is 0 Å². The highest BCUT2D eigenvalue weighted by Gasteiger charge is 2.21. The summed E-state index contributed by atoms with van der Waals surface area (Å²) < 4.78 is 2.38. The zero-order valence-electron chi connectivity index (χ0n) is 30.2. The van der Waals surface area contributed by atoms with Crippen LogP contribution in [0.1, 0.15) is 30.6 Å². The van der Waals surface area contributed by atoms with Gasteiger partial charge in [-0.2, -0.15) is 0 Å². The molecule has 0 spiro atoms. The van der Waals surface area contributed by atoms with E-state index in [1.54, 1.807) is 0 Å². The van der Waals surface area contributed by atoms with Crippen LogP contribution < -0.4 is 0 Å². The number of fused-ring (bicyclic) bond motifs is 2. The SMILES string of the molecule is C1=CCC(c2nc(-c3ccccc3)nc(-c3ccc(-c4ccc(-c5ccc(-c6nc7ccccc7n6C6C=CC=CC6)cc5)cc4)c4ccccc34)n2)C=C1. The Labute approximate surface area is 320 Å². The van der Waals surface area contributed by atoms with E-state index in [2.05, 4.69) is 175 Å². The number of para-hydroxylation sites is 2. The third-order valence-electron chi connectivity index (χ3n) is 10.7. The Kier molecular flexibility index (Phi) is 8.37. The van der Waals surface area contributed by atoms with E-state index < -0.39 is 0 Å². The molecule has 6 aromatic carbocycles. The van der Waals surface area contributed by atoms with Crippen molar-refractivity contribution < 1.29 is 0 Å². The number of allylic oxidation sites excluding steroid dienone is 8. The van der Waals surface area contributed by atoms with Gasteiger partial charge in [-0.3, -0.25) is 0 Å². The van der Waals surface area contributed by atoms with Crippen molar-refractivity contribution in [3.8, 4) is 56.4 Å². The van der Waals surface area contributed by atoms with E-state index in [1.807, 2.05) is 18.2 Å². The highest BCUT2D eigenvalue weighted by molar-refractivity contribution is 6.04. The predicted molar refractivity (Wildman–Crippen MR) is 225 cm³/mol. The van der Waals surface area contributed by atoms with Crippen LogP contribution in [0, 0.1) is 0 Å². The van der Waals surface area contributed by atoms with Crippen LogP contribution in [0.4, 0.5) is 0 Å². The number of hydrogen-bond donors (Lipinski definition) is 0. The molecule has 2 unspecified atom stereocenters. The quantitative estimate of drug-likeness (QED) is 0.165. The Morgan fingerprint density at radius 3 is 1.78 bits per heavy atom. The minimum absolute atomic E-state index is 0.106. The van der Waals surface area contributed by atoms with E-state index in [1.165, 1.54) is 16.7 Å². The van der Waals surface area contributed by atoms with Gasteiger partial charge < -0.3 is 4.57 Å². The van der Waals surface area contributed by atoms with Crippen LogP contribution in [0.5, 0.6) is 0 Å². The lowest BCUT2D eigenvalue weighted by atomic mass is 9.93. The maximum atomic E-state index is 5.10. The molecular weight excluding hydrogens is 671 g/mol. The first kappa shape index (κ1) is 32.7. The molecule has 0 aliphatic heterocycles. The second-order valence-corrected chi connectivity index (χ2v) is 14.1. The van der Waals surface area contributed by atoms with Gasteiger partial charge in [-0.1, -0.05) is 170 Å². The van der Waals surface area contributed by atoms with Crippen molar-refractivity contribution in [1.82, 2.24) is 24.5 Å². The van der Waals surface area contributed by atoms with E-state index in [0.717, 1.165) is 68.6 Å². The summed E-state index contributed by atoms with van der Waals surface area (Å²) in [5.41, 5.74) is 9.93. The van der Waals surface area contributed by atoms with Crippen LogP contribution in [0.3, 0.4) is 0 Å². The molecule has 0 amide bonds. The minimum Gasteiger partial charge on any atom is -0.317 e. The van der Waals surface area contributed by atoms with Crippen molar-refractivity contribution in [2.75, 3.05) is 0 Å². The third-order valence-corrected chi connectivity index (χ3v) is 10.7. The van der Waals surface area contributed by atoms with Gasteiger partial charge in [0, 0.05) is 22.6 Å². The van der Waals surface area contributed by atoms with E-state index in [-0.39, 0.29) is 12.0 Å². The largest absolute Gasteiger partial charge is 0.317 e. The molecule has 0 radical (unpaired) electrons. The Bertz CT molecular complexity index is 2810. The molecule has 262 valence electrons. The highest BCUT2D eigenvalue weighted by atomic mass is 15.1. The van der Waals surface area contributed by atoms with E-state index in [4.69, 9.17) is 19.9 Å². The molecule has 2 aliphatic carbocycles. The average molecular weight is 708 g/mol. The molecule has 5 nitrogen and oxygen atoms in total. The summed E-state index contributed by atoms with van der Waals surface area (Å²) in [6.45, 7) is 0. The van der Waals surface area contributed by atoms with Crippen LogP contribution in [-0.4, -0.2) is 24.5 Å². The molecule has 0 fully saturated rings. The van der Waals surface area contributed by atoms with Crippen molar-refractivity contribution in [2.45, 2.75) is 24.8 Å². The van der Waals surface area contributed by atoms with Crippen LogP contribution in [0.25, 0.3) is 78.2 Å². The summed E-state index contributed by atoms with van der Waals surface area (Å²) in [5.74, 6) is 3.28. The molecule has 0 saturated heterocycles. The zero-order chi connectivity index (χ0) is 36.6. The van der Waals surface area contributed by atoms with Gasteiger partial charge in [0.15, 0.2) is 11.6 Å². The van der Waals surface area contributed by atoms with E-state index >= 15 is 0 Å². The molecule has 2 atom stereocenters. The maximum Gasteiger partial charge on any atom is 0.164 e. The summed E-state index contributed by atoms with van der Waals surface area (Å²) in [6.07, 6.45) is 19.1. The summed E-state index contributed by atoms with van der Waals surface area (Å²) in [5, 5.41) is 2.27. The van der Waals surface area contributed by atoms with Gasteiger partial charge in [-0.25, -0.2) is 19.9 Å². The number of rotatable bonds is 7. The molecular formula is C50H37N5. The molecule has 2 aliphatic rings. The molecule has 8 aromatic rings. The Morgan fingerprint density at radius 1 is 0.436 bits per heavy atom. The van der Waals surface area contributed by atoms with Crippen LogP contribution in [0.15, 0.2) is 188 Å². The lowest BCUT2D eigenvalue weighted by Crippen LogP contribution is -2.08. The van der Waals surface area contributed by atoms with Crippen LogP contribution in [0.2, 0.25) is 0 Å². The molecule has 2 aromatic heterocycles. The summed E-state index contributed by atoms with van der Waals surface area (Å²) in [6, 6.07) is 49.5. The van der Waals surface area contributed by atoms with Gasteiger partial charge >= 0.3 is 0 Å². The topological polar surface area (TPSA) is 56.5 Å². The molecule has 0 bridgehead atoms. The molecule has 10 rings (SSSR count). The van der Waals surface area contributed by atoms with Crippen molar-refractivity contribution in [2.24, 2.45) is 0 Å². The third kappa shape index (κ3) is 6.20. The van der Waals surface area contributed by atoms with Gasteiger partial charge in [0.05, 0.1) is 17.1 Å². The predicted octanol–water partition coefficient (Wildman–Crippen LogP) is 12.4. The standard InChI is InChI=1S/C50H37N5/c1-4-14-37(15-5-1)47-52-48(38-16-6-2-7-17-38)54-49(53-47)44-33-32-41(42-20-10-11-21-43(42)44)36-28-24-34(25-29-36)35-26-30-39(31-27-35)50-51-45-22-12-13-23-46(45)55(50)40-18-8-3-9-19-40/h1-16,18,20-33,38,40H,17,19H2. The smallest absolute Gasteiger partial charge is 0.164 e. The first-order chi connectivity index (χ1) is 27.3. The number of nitrogens with zero attached hydrogens (tertiary/aromatic N) is 5.